The molecule has 0 fully saturated rings. The summed E-state index contributed by atoms with van der Waals surface area (Å²) in [4.78, 5) is 57.7. The van der Waals surface area contributed by atoms with Crippen molar-refractivity contribution in [1.82, 2.24) is 16.0 Å². The number of carboxylic acids is 1. The molecule has 3 amide bonds. The summed E-state index contributed by atoms with van der Waals surface area (Å²) in [5.41, 5.74) is 32.4. The molecular weight excluding hydrogens is 514 g/mol. The number of unbranched alkanes of at least 4 members (excludes halogenated alkanes) is 1. The molecule has 0 rings (SSSR count). The van der Waals surface area contributed by atoms with Gasteiger partial charge in [0.15, 0.2) is 11.9 Å². The third-order valence-corrected chi connectivity index (χ3v) is 5.51. The summed E-state index contributed by atoms with van der Waals surface area (Å²) in [6.07, 6.45) is 0.725. The van der Waals surface area contributed by atoms with E-state index in [-0.39, 0.29) is 50.7 Å². The second-order valence-corrected chi connectivity index (χ2v) is 8.98. The second kappa shape index (κ2) is 19.4. The van der Waals surface area contributed by atoms with Crippen LogP contribution in [0, 0.1) is 0 Å². The fraction of sp³-hybridized carbons (Fsp3) is 0.727. The van der Waals surface area contributed by atoms with E-state index in [1.807, 2.05) is 0 Å². The molecule has 5 atom stereocenters. The van der Waals surface area contributed by atoms with Crippen molar-refractivity contribution in [3.05, 3.63) is 0 Å². The Morgan fingerprint density at radius 2 is 1.26 bits per heavy atom. The van der Waals surface area contributed by atoms with Crippen molar-refractivity contribution < 1.29 is 29.4 Å². The Balaban J connectivity index is 5.36. The summed E-state index contributed by atoms with van der Waals surface area (Å²) in [5.74, 6) is -3.80. The SMILES string of the molecule is CC(O)C(NC(=O)C(N)CCCN=C(N)N)C(=O)NC(CCCCN)C(=O)NC(CCCN=C(N)N)C(=O)O. The van der Waals surface area contributed by atoms with Gasteiger partial charge in [-0.15, -0.1) is 0 Å². The molecule has 0 aromatic heterocycles. The number of hydrogen-bond acceptors (Lipinski definition) is 9. The number of hydrogen-bond donors (Lipinski definition) is 11. The summed E-state index contributed by atoms with van der Waals surface area (Å²) < 4.78 is 0. The number of aliphatic hydroxyl groups excluding tert-OH is 1. The number of carbonyl (C=O) groups excluding carboxylic acids is 3. The van der Waals surface area contributed by atoms with Crippen molar-refractivity contribution in [2.24, 2.45) is 44.4 Å². The molecule has 0 saturated heterocycles. The molecule has 0 aromatic rings. The van der Waals surface area contributed by atoms with Crippen molar-refractivity contribution in [1.29, 1.82) is 0 Å². The van der Waals surface area contributed by atoms with Crippen LogP contribution in [0.25, 0.3) is 0 Å². The van der Waals surface area contributed by atoms with E-state index in [0.717, 1.165) is 0 Å². The first-order valence-electron chi connectivity index (χ1n) is 12.7. The minimum atomic E-state index is -1.43. The van der Waals surface area contributed by atoms with Crippen molar-refractivity contribution in [3.63, 3.8) is 0 Å². The lowest BCUT2D eigenvalue weighted by Gasteiger charge is -2.26. The average molecular weight is 560 g/mol. The number of amides is 3. The predicted octanol–water partition coefficient (Wildman–Crippen LogP) is -4.53. The van der Waals surface area contributed by atoms with Crippen LogP contribution in [0.15, 0.2) is 9.98 Å². The quantitative estimate of drug-likeness (QED) is 0.0381. The number of carboxylic acid groups (broad SMARTS) is 1. The van der Waals surface area contributed by atoms with Crippen LogP contribution in [0.4, 0.5) is 0 Å². The van der Waals surface area contributed by atoms with Crippen LogP contribution >= 0.6 is 0 Å². The highest BCUT2D eigenvalue weighted by molar-refractivity contribution is 5.94. The molecule has 0 aliphatic rings. The fourth-order valence-corrected chi connectivity index (χ4v) is 3.37. The van der Waals surface area contributed by atoms with E-state index in [0.29, 0.717) is 25.8 Å². The molecule has 17 heteroatoms. The van der Waals surface area contributed by atoms with Gasteiger partial charge >= 0.3 is 5.97 Å². The summed E-state index contributed by atoms with van der Waals surface area (Å²) in [5, 5.41) is 26.9. The van der Waals surface area contributed by atoms with Crippen molar-refractivity contribution in [3.8, 4) is 0 Å². The van der Waals surface area contributed by atoms with Crippen LogP contribution in [-0.4, -0.2) is 95.7 Å². The molecule has 39 heavy (non-hydrogen) atoms. The molecule has 5 unspecified atom stereocenters. The van der Waals surface area contributed by atoms with E-state index in [9.17, 15) is 29.4 Å². The highest BCUT2D eigenvalue weighted by Crippen LogP contribution is 2.06. The number of aliphatic imine (C=N–C) groups is 2. The smallest absolute Gasteiger partial charge is 0.326 e. The molecule has 17 N–H and O–H groups in total. The number of aliphatic hydroxyl groups is 1. The first kappa shape index (κ1) is 35.3. The van der Waals surface area contributed by atoms with E-state index in [1.165, 1.54) is 6.92 Å². The zero-order valence-corrected chi connectivity index (χ0v) is 22.3. The molecular formula is C22H45N11O6. The standard InChI is InChI=1S/C22H45N11O6/c1-12(34)16(33-17(35)13(24)6-4-10-29-21(25)26)19(37)31-14(7-2-3-9-23)18(36)32-15(20(38)39)8-5-11-30-22(27)28/h12-16,34H,2-11,23-24H2,1H3,(H,31,37)(H,32,36)(H,33,35)(H,38,39)(H4,25,26,29)(H4,27,28,30). The van der Waals surface area contributed by atoms with Gasteiger partial charge in [-0.05, 0) is 58.4 Å². The van der Waals surface area contributed by atoms with Gasteiger partial charge in [-0.1, -0.05) is 0 Å². The van der Waals surface area contributed by atoms with Gasteiger partial charge in [0.05, 0.1) is 12.1 Å². The zero-order chi connectivity index (χ0) is 30.0. The van der Waals surface area contributed by atoms with Crippen molar-refractivity contribution in [2.45, 2.75) is 82.1 Å². The molecule has 0 saturated carbocycles. The number of nitrogens with zero attached hydrogens (tertiary/aromatic N) is 2. The maximum atomic E-state index is 13.0. The summed E-state index contributed by atoms with van der Waals surface area (Å²) in [6.45, 7) is 2.06. The lowest BCUT2D eigenvalue weighted by Crippen LogP contribution is -2.59. The number of nitrogens with two attached hydrogens (primary N) is 6. The molecule has 0 radical (unpaired) electrons. The van der Waals surface area contributed by atoms with Gasteiger partial charge in [-0.25, -0.2) is 4.79 Å². The van der Waals surface area contributed by atoms with Crippen LogP contribution in [-0.2, 0) is 19.2 Å². The molecule has 0 aliphatic heterocycles. The lowest BCUT2D eigenvalue weighted by molar-refractivity contribution is -0.142. The summed E-state index contributed by atoms with van der Waals surface area (Å²) in [7, 11) is 0. The van der Waals surface area contributed by atoms with Gasteiger partial charge in [0.1, 0.15) is 18.1 Å². The van der Waals surface area contributed by atoms with Gasteiger partial charge < -0.3 is 60.6 Å². The molecule has 0 bridgehead atoms. The van der Waals surface area contributed by atoms with Gasteiger partial charge in [-0.2, -0.15) is 0 Å². The Morgan fingerprint density at radius 1 is 0.744 bits per heavy atom. The third-order valence-electron chi connectivity index (χ3n) is 5.51. The Kier molecular flexibility index (Phi) is 17.5. The van der Waals surface area contributed by atoms with E-state index in [1.54, 1.807) is 0 Å². The third kappa shape index (κ3) is 16.0. The Bertz CT molecular complexity index is 844. The number of guanidine groups is 2. The highest BCUT2D eigenvalue weighted by Gasteiger charge is 2.32. The number of carbonyl (C=O) groups is 4. The van der Waals surface area contributed by atoms with Gasteiger partial charge in [-0.3, -0.25) is 24.4 Å². The summed E-state index contributed by atoms with van der Waals surface area (Å²) in [6, 6.07) is -4.85. The van der Waals surface area contributed by atoms with E-state index < -0.39 is 54.0 Å². The molecule has 0 heterocycles. The van der Waals surface area contributed by atoms with Crippen molar-refractivity contribution in [2.75, 3.05) is 19.6 Å². The molecule has 0 aliphatic carbocycles. The molecule has 0 aromatic carbocycles. The monoisotopic (exact) mass is 559 g/mol. The fourth-order valence-electron chi connectivity index (χ4n) is 3.37. The largest absolute Gasteiger partial charge is 0.480 e. The number of aliphatic carboxylic acids is 1. The van der Waals surface area contributed by atoms with E-state index >= 15 is 0 Å². The van der Waals surface area contributed by atoms with Crippen LogP contribution in [0.1, 0.15) is 51.9 Å². The minimum Gasteiger partial charge on any atom is -0.480 e. The summed E-state index contributed by atoms with van der Waals surface area (Å²) >= 11 is 0. The van der Waals surface area contributed by atoms with Crippen LogP contribution in [0.5, 0.6) is 0 Å². The highest BCUT2D eigenvalue weighted by atomic mass is 16.4. The molecule has 0 spiro atoms. The van der Waals surface area contributed by atoms with Crippen LogP contribution in [0.2, 0.25) is 0 Å². The average Bonchev–Trinajstić information content (AvgIpc) is 2.85. The predicted molar refractivity (Wildman–Crippen MR) is 146 cm³/mol. The van der Waals surface area contributed by atoms with Crippen LogP contribution in [0.3, 0.4) is 0 Å². The minimum absolute atomic E-state index is 0.0365. The van der Waals surface area contributed by atoms with Gasteiger partial charge in [0.2, 0.25) is 17.7 Å². The Hall–Kier alpha value is -3.70. The first-order chi connectivity index (χ1) is 18.3. The van der Waals surface area contributed by atoms with Crippen molar-refractivity contribution >= 4 is 35.6 Å². The number of rotatable bonds is 20. The molecule has 17 nitrogen and oxygen atoms in total. The van der Waals surface area contributed by atoms with Gasteiger partial charge in [0, 0.05) is 13.1 Å². The lowest BCUT2D eigenvalue weighted by atomic mass is 10.0. The maximum absolute atomic E-state index is 13.0. The Morgan fingerprint density at radius 3 is 1.74 bits per heavy atom. The Labute approximate surface area is 227 Å². The first-order valence-corrected chi connectivity index (χ1v) is 12.7. The van der Waals surface area contributed by atoms with Gasteiger partial charge in [0.25, 0.3) is 0 Å². The topological polar surface area (TPSA) is 326 Å². The van der Waals surface area contributed by atoms with Crippen LogP contribution < -0.4 is 50.4 Å². The zero-order valence-electron chi connectivity index (χ0n) is 22.3. The normalized spacial score (nSPS) is 14.6. The van der Waals surface area contributed by atoms with E-state index in [2.05, 4.69) is 25.9 Å². The number of nitrogens with one attached hydrogen (secondary N) is 3. The second-order valence-electron chi connectivity index (χ2n) is 8.98. The molecule has 224 valence electrons. The van der Waals surface area contributed by atoms with E-state index in [4.69, 9.17) is 34.4 Å². The maximum Gasteiger partial charge on any atom is 0.326 e.